The van der Waals surface area contributed by atoms with E-state index < -0.39 is 10.0 Å². The topological polar surface area (TPSA) is 77.1 Å². The maximum atomic E-state index is 12.2. The molecule has 1 saturated carbocycles. The minimum absolute atomic E-state index is 0.165. The van der Waals surface area contributed by atoms with Gasteiger partial charge in [0.25, 0.3) is 0 Å². The van der Waals surface area contributed by atoms with E-state index in [1.165, 1.54) is 0 Å². The van der Waals surface area contributed by atoms with Crippen molar-refractivity contribution < 1.29 is 8.42 Å². The maximum absolute atomic E-state index is 12.2. The highest BCUT2D eigenvalue weighted by atomic mass is 32.2. The molecule has 1 aliphatic carbocycles. The lowest BCUT2D eigenvalue weighted by molar-refractivity contribution is 0.357. The fourth-order valence-electron chi connectivity index (χ4n) is 2.37. The van der Waals surface area contributed by atoms with Crippen molar-refractivity contribution in [3.8, 4) is 0 Å². The van der Waals surface area contributed by atoms with Crippen LogP contribution in [0.5, 0.6) is 0 Å². The van der Waals surface area contributed by atoms with Crippen LogP contribution in [0.3, 0.4) is 0 Å². The summed E-state index contributed by atoms with van der Waals surface area (Å²) < 4.78 is 29.0. The van der Waals surface area contributed by atoms with Gasteiger partial charge in [-0.3, -0.25) is 0 Å². The first-order valence-electron chi connectivity index (χ1n) is 6.66. The van der Waals surface area contributed by atoms with Gasteiger partial charge in [-0.2, -0.15) is 0 Å². The third-order valence-electron chi connectivity index (χ3n) is 4.33. The average molecular weight is 285 g/mol. The molecule has 0 amide bonds. The Morgan fingerprint density at radius 3 is 2.53 bits per heavy atom. The molecule has 0 atom stereocenters. The molecule has 1 aliphatic rings. The Bertz CT molecular complexity index is 556. The quantitative estimate of drug-likeness (QED) is 0.824. The minimum atomic E-state index is -3.43. The van der Waals surface area contributed by atoms with Crippen molar-refractivity contribution in [3.05, 3.63) is 18.0 Å². The summed E-state index contributed by atoms with van der Waals surface area (Å²) in [5.74, 6) is 0.505. The smallest absolute Gasteiger partial charge is 0.242 e. The van der Waals surface area contributed by atoms with E-state index in [1.54, 1.807) is 23.9 Å². The van der Waals surface area contributed by atoms with E-state index in [4.69, 9.17) is 5.73 Å². The highest BCUT2D eigenvalue weighted by molar-refractivity contribution is 7.89. The lowest BCUT2D eigenvalue weighted by atomic mass is 9.93. The normalized spacial score (nSPS) is 17.9. The fraction of sp³-hybridized carbons (Fsp3) is 0.692. The number of hydrogen-bond donors (Lipinski definition) is 2. The summed E-state index contributed by atoms with van der Waals surface area (Å²) in [6.07, 6.45) is 3.82. The summed E-state index contributed by atoms with van der Waals surface area (Å²) in [6, 6.07) is 1.64. The highest BCUT2D eigenvalue weighted by Crippen LogP contribution is 2.51. The third-order valence-corrected chi connectivity index (χ3v) is 5.70. The van der Waals surface area contributed by atoms with Gasteiger partial charge < -0.3 is 10.3 Å². The van der Waals surface area contributed by atoms with Crippen LogP contribution in [0.2, 0.25) is 0 Å². The molecule has 0 aliphatic heterocycles. The number of aromatic nitrogens is 1. The second-order valence-electron chi connectivity index (χ2n) is 5.82. The van der Waals surface area contributed by atoms with Crippen LogP contribution in [0.15, 0.2) is 17.2 Å². The predicted molar refractivity (Wildman–Crippen MR) is 75.0 cm³/mol. The van der Waals surface area contributed by atoms with Crippen molar-refractivity contribution in [2.45, 2.75) is 38.1 Å². The van der Waals surface area contributed by atoms with Gasteiger partial charge in [-0.1, -0.05) is 13.8 Å². The van der Waals surface area contributed by atoms with Gasteiger partial charge in [0.15, 0.2) is 0 Å². The second kappa shape index (κ2) is 4.92. The summed E-state index contributed by atoms with van der Waals surface area (Å²) in [6.45, 7) is 5.16. The molecule has 0 saturated heterocycles. The largest absolute Gasteiger partial charge is 0.352 e. The Hall–Kier alpha value is -0.850. The summed E-state index contributed by atoms with van der Waals surface area (Å²) in [5, 5.41) is 0. The lowest BCUT2D eigenvalue weighted by Crippen LogP contribution is -2.32. The van der Waals surface area contributed by atoms with Gasteiger partial charge in [0.05, 0.1) is 4.90 Å². The summed E-state index contributed by atoms with van der Waals surface area (Å²) in [7, 11) is -1.62. The van der Waals surface area contributed by atoms with Gasteiger partial charge in [0.1, 0.15) is 0 Å². The van der Waals surface area contributed by atoms with E-state index in [0.29, 0.717) is 23.9 Å². The zero-order valence-electron chi connectivity index (χ0n) is 11.8. The molecule has 3 N–H and O–H groups in total. The van der Waals surface area contributed by atoms with Crippen LogP contribution in [-0.2, 0) is 23.6 Å². The molecule has 5 nitrogen and oxygen atoms in total. The molecule has 2 rings (SSSR count). The standard InChI is InChI=1S/C13H23N3O2S/c1-10(2)13(4-5-13)9-15-19(17,18)12-6-11(7-14)16(3)8-12/h6,8,10,15H,4-5,7,9,14H2,1-3H3. The summed E-state index contributed by atoms with van der Waals surface area (Å²) >= 11 is 0. The number of nitrogens with one attached hydrogen (secondary N) is 1. The molecule has 108 valence electrons. The van der Waals surface area contributed by atoms with Crippen LogP contribution in [-0.4, -0.2) is 19.5 Å². The van der Waals surface area contributed by atoms with Gasteiger partial charge in [-0.25, -0.2) is 13.1 Å². The van der Waals surface area contributed by atoms with Crippen LogP contribution >= 0.6 is 0 Å². The molecule has 1 aromatic heterocycles. The molecule has 1 heterocycles. The van der Waals surface area contributed by atoms with Crippen molar-refractivity contribution in [1.82, 2.24) is 9.29 Å². The maximum Gasteiger partial charge on any atom is 0.242 e. The van der Waals surface area contributed by atoms with E-state index in [9.17, 15) is 8.42 Å². The predicted octanol–water partition coefficient (Wildman–Crippen LogP) is 1.20. The fourth-order valence-corrected chi connectivity index (χ4v) is 3.60. The SMILES string of the molecule is CC(C)C1(CNS(=O)(=O)c2cc(CN)n(C)c2)CC1. The number of nitrogens with zero attached hydrogens (tertiary/aromatic N) is 1. The Labute approximate surface area is 115 Å². The lowest BCUT2D eigenvalue weighted by Gasteiger charge is -2.19. The zero-order valence-corrected chi connectivity index (χ0v) is 12.6. The van der Waals surface area contributed by atoms with E-state index in [2.05, 4.69) is 18.6 Å². The number of rotatable bonds is 6. The first kappa shape index (κ1) is 14.6. The van der Waals surface area contributed by atoms with Crippen molar-refractivity contribution in [1.29, 1.82) is 0 Å². The molecule has 19 heavy (non-hydrogen) atoms. The molecular weight excluding hydrogens is 262 g/mol. The number of nitrogens with two attached hydrogens (primary N) is 1. The van der Waals surface area contributed by atoms with E-state index >= 15 is 0 Å². The van der Waals surface area contributed by atoms with Gasteiger partial charge in [0.2, 0.25) is 10.0 Å². The Morgan fingerprint density at radius 1 is 1.47 bits per heavy atom. The van der Waals surface area contributed by atoms with Gasteiger partial charge in [-0.15, -0.1) is 0 Å². The summed E-state index contributed by atoms with van der Waals surface area (Å²) in [4.78, 5) is 0.301. The first-order valence-corrected chi connectivity index (χ1v) is 8.14. The van der Waals surface area contributed by atoms with Crippen LogP contribution in [0.4, 0.5) is 0 Å². The highest BCUT2D eigenvalue weighted by Gasteiger charge is 2.45. The Kier molecular flexibility index (Phi) is 3.77. The van der Waals surface area contributed by atoms with Crippen molar-refractivity contribution in [2.24, 2.45) is 24.1 Å². The average Bonchev–Trinajstić information content (AvgIpc) is 3.04. The van der Waals surface area contributed by atoms with Crippen molar-refractivity contribution >= 4 is 10.0 Å². The Balaban J connectivity index is 2.10. The minimum Gasteiger partial charge on any atom is -0.352 e. The molecule has 0 unspecified atom stereocenters. The molecule has 1 fully saturated rings. The van der Waals surface area contributed by atoms with Gasteiger partial charge in [-0.05, 0) is 30.2 Å². The third kappa shape index (κ3) is 2.85. The zero-order chi connectivity index (χ0) is 14.3. The van der Waals surface area contributed by atoms with E-state index in [1.807, 2.05) is 0 Å². The molecule has 0 bridgehead atoms. The molecule has 1 aromatic rings. The van der Waals surface area contributed by atoms with Crippen LogP contribution < -0.4 is 10.5 Å². The first-order chi connectivity index (χ1) is 8.81. The molecule has 6 heteroatoms. The van der Waals surface area contributed by atoms with E-state index in [0.717, 1.165) is 18.5 Å². The monoisotopic (exact) mass is 285 g/mol. The number of hydrogen-bond acceptors (Lipinski definition) is 3. The molecule has 0 aromatic carbocycles. The second-order valence-corrected chi connectivity index (χ2v) is 7.59. The van der Waals surface area contributed by atoms with Gasteiger partial charge in [0, 0.05) is 32.0 Å². The Morgan fingerprint density at radius 2 is 2.11 bits per heavy atom. The van der Waals surface area contributed by atoms with Crippen molar-refractivity contribution in [3.63, 3.8) is 0 Å². The molecule has 0 spiro atoms. The van der Waals surface area contributed by atoms with Crippen molar-refractivity contribution in [2.75, 3.05) is 6.54 Å². The number of aryl methyl sites for hydroxylation is 1. The molecular formula is C13H23N3O2S. The summed E-state index contributed by atoms with van der Waals surface area (Å²) in [5.41, 5.74) is 6.54. The van der Waals surface area contributed by atoms with Crippen LogP contribution in [0.1, 0.15) is 32.4 Å². The number of sulfonamides is 1. The molecule has 0 radical (unpaired) electrons. The van der Waals surface area contributed by atoms with Crippen LogP contribution in [0, 0.1) is 11.3 Å². The van der Waals surface area contributed by atoms with E-state index in [-0.39, 0.29) is 5.41 Å². The van der Waals surface area contributed by atoms with Crippen LogP contribution in [0.25, 0.3) is 0 Å². The van der Waals surface area contributed by atoms with Gasteiger partial charge >= 0.3 is 0 Å².